The van der Waals surface area contributed by atoms with Gasteiger partial charge in [0.2, 0.25) is 0 Å². The van der Waals surface area contributed by atoms with Crippen molar-refractivity contribution in [2.24, 2.45) is 0 Å². The summed E-state index contributed by atoms with van der Waals surface area (Å²) in [6.07, 6.45) is 1.87. The third-order valence-corrected chi connectivity index (χ3v) is 2.59. The quantitative estimate of drug-likeness (QED) is 0.809. The van der Waals surface area contributed by atoms with E-state index in [1.807, 2.05) is 20.8 Å². The second kappa shape index (κ2) is 3.94. The Morgan fingerprint density at radius 3 is 2.76 bits per heavy atom. The van der Waals surface area contributed by atoms with E-state index in [0.29, 0.717) is 17.9 Å². The van der Waals surface area contributed by atoms with Gasteiger partial charge in [0, 0.05) is 6.54 Å². The van der Waals surface area contributed by atoms with Gasteiger partial charge in [0.05, 0.1) is 11.7 Å². The Labute approximate surface area is 99.7 Å². The first-order valence-electron chi connectivity index (χ1n) is 5.58. The van der Waals surface area contributed by atoms with Crippen molar-refractivity contribution in [1.82, 2.24) is 10.1 Å². The van der Waals surface area contributed by atoms with Gasteiger partial charge in [-0.25, -0.2) is 4.79 Å². The fourth-order valence-electron chi connectivity index (χ4n) is 1.72. The van der Waals surface area contributed by atoms with Gasteiger partial charge in [0.15, 0.2) is 0 Å². The zero-order chi connectivity index (χ0) is 12.6. The van der Waals surface area contributed by atoms with Gasteiger partial charge in [-0.15, -0.1) is 0 Å². The number of anilines is 1. The molecule has 1 aliphatic heterocycles. The molecule has 0 saturated carbocycles. The number of ether oxygens (including phenoxy) is 1. The summed E-state index contributed by atoms with van der Waals surface area (Å²) in [5, 5.41) is 3.82. The summed E-state index contributed by atoms with van der Waals surface area (Å²) >= 11 is 0. The number of nitrogens with two attached hydrogens (primary N) is 1. The predicted molar refractivity (Wildman–Crippen MR) is 61.2 cm³/mol. The maximum Gasteiger partial charge on any atom is 0.410 e. The Bertz CT molecular complexity index is 422. The van der Waals surface area contributed by atoms with Gasteiger partial charge in [0.1, 0.15) is 17.6 Å². The van der Waals surface area contributed by atoms with E-state index in [4.69, 9.17) is 15.0 Å². The number of hydrogen-bond donors (Lipinski definition) is 1. The third kappa shape index (κ3) is 2.35. The molecule has 0 aliphatic carbocycles. The Balaban J connectivity index is 2.05. The van der Waals surface area contributed by atoms with Gasteiger partial charge in [-0.1, -0.05) is 5.16 Å². The van der Waals surface area contributed by atoms with Crippen molar-refractivity contribution >= 4 is 11.8 Å². The second-order valence-electron chi connectivity index (χ2n) is 5.13. The highest BCUT2D eigenvalue weighted by atomic mass is 16.6. The van der Waals surface area contributed by atoms with Crippen LogP contribution in [0.2, 0.25) is 0 Å². The van der Waals surface area contributed by atoms with Crippen LogP contribution in [0, 0.1) is 0 Å². The molecule has 0 bridgehead atoms. The molecule has 1 saturated heterocycles. The van der Waals surface area contributed by atoms with Crippen LogP contribution in [0.5, 0.6) is 0 Å². The molecule has 2 rings (SSSR count). The number of hydrogen-bond acceptors (Lipinski definition) is 5. The molecule has 1 fully saturated rings. The molecular formula is C11H17N3O3. The van der Waals surface area contributed by atoms with Crippen LogP contribution < -0.4 is 5.73 Å². The molecule has 17 heavy (non-hydrogen) atoms. The number of rotatable bonds is 1. The molecule has 94 valence electrons. The lowest BCUT2D eigenvalue weighted by molar-refractivity contribution is -0.00685. The number of nitrogens with zero attached hydrogens (tertiary/aromatic N) is 2. The molecule has 1 aromatic heterocycles. The summed E-state index contributed by atoms with van der Waals surface area (Å²) < 4.78 is 10.1. The minimum absolute atomic E-state index is 0.122. The zero-order valence-corrected chi connectivity index (χ0v) is 10.3. The molecule has 1 aromatic rings. The van der Waals surface area contributed by atoms with Crippen LogP contribution in [-0.2, 0) is 4.74 Å². The van der Waals surface area contributed by atoms with Crippen molar-refractivity contribution in [1.29, 1.82) is 0 Å². The standard InChI is InChI=1S/C11H17N3O3/c1-11(2,3)17-10(15)14-5-4-8(14)9-7(12)6-16-13-9/h6,8H,4-5,12H2,1-3H3. The molecule has 0 aromatic carbocycles. The van der Waals surface area contributed by atoms with Crippen LogP contribution in [0.3, 0.4) is 0 Å². The van der Waals surface area contributed by atoms with Crippen LogP contribution in [0.15, 0.2) is 10.8 Å². The first kappa shape index (κ1) is 11.8. The van der Waals surface area contributed by atoms with Crippen LogP contribution in [0.25, 0.3) is 0 Å². The highest BCUT2D eigenvalue weighted by molar-refractivity contribution is 5.70. The molecule has 2 heterocycles. The van der Waals surface area contributed by atoms with Gasteiger partial charge in [-0.05, 0) is 27.2 Å². The zero-order valence-electron chi connectivity index (χ0n) is 10.3. The van der Waals surface area contributed by atoms with Crippen molar-refractivity contribution in [3.8, 4) is 0 Å². The van der Waals surface area contributed by atoms with E-state index < -0.39 is 5.60 Å². The molecule has 1 aliphatic rings. The van der Waals surface area contributed by atoms with Crippen LogP contribution in [0.4, 0.5) is 10.5 Å². The third-order valence-electron chi connectivity index (χ3n) is 2.59. The molecule has 1 atom stereocenters. The van der Waals surface area contributed by atoms with Crippen LogP contribution in [-0.4, -0.2) is 28.3 Å². The highest BCUT2D eigenvalue weighted by Gasteiger charge is 2.38. The van der Waals surface area contributed by atoms with E-state index in [2.05, 4.69) is 5.16 Å². The number of aromatic nitrogens is 1. The highest BCUT2D eigenvalue weighted by Crippen LogP contribution is 2.36. The van der Waals surface area contributed by atoms with Crippen molar-refractivity contribution in [3.05, 3.63) is 12.0 Å². The molecule has 0 radical (unpaired) electrons. The van der Waals surface area contributed by atoms with Crippen molar-refractivity contribution in [2.75, 3.05) is 12.3 Å². The Morgan fingerprint density at radius 1 is 1.65 bits per heavy atom. The fraction of sp³-hybridized carbons (Fsp3) is 0.636. The van der Waals surface area contributed by atoms with E-state index in [0.717, 1.165) is 6.42 Å². The summed E-state index contributed by atoms with van der Waals surface area (Å²) in [6.45, 7) is 6.17. The predicted octanol–water partition coefficient (Wildman–Crippen LogP) is 1.94. The molecule has 6 heteroatoms. The van der Waals surface area contributed by atoms with Crippen molar-refractivity contribution in [2.45, 2.75) is 38.8 Å². The number of likely N-dealkylation sites (tertiary alicyclic amines) is 1. The summed E-state index contributed by atoms with van der Waals surface area (Å²) in [6, 6.07) is -0.122. The van der Waals surface area contributed by atoms with Gasteiger partial charge in [-0.2, -0.15) is 0 Å². The van der Waals surface area contributed by atoms with Crippen molar-refractivity contribution < 1.29 is 14.1 Å². The maximum absolute atomic E-state index is 11.9. The van der Waals surface area contributed by atoms with Gasteiger partial charge in [0.25, 0.3) is 0 Å². The number of nitrogen functional groups attached to an aromatic ring is 1. The van der Waals surface area contributed by atoms with Crippen LogP contribution >= 0.6 is 0 Å². The topological polar surface area (TPSA) is 81.6 Å². The SMILES string of the molecule is CC(C)(C)OC(=O)N1CCC1c1nocc1N. The van der Waals surface area contributed by atoms with E-state index in [1.54, 1.807) is 4.90 Å². The number of amides is 1. The van der Waals surface area contributed by atoms with Crippen molar-refractivity contribution in [3.63, 3.8) is 0 Å². The Kier molecular flexibility index (Phi) is 2.73. The Morgan fingerprint density at radius 2 is 2.35 bits per heavy atom. The molecule has 0 spiro atoms. The van der Waals surface area contributed by atoms with Gasteiger partial charge >= 0.3 is 6.09 Å². The minimum atomic E-state index is -0.493. The summed E-state index contributed by atoms with van der Waals surface area (Å²) in [5.41, 5.74) is 6.30. The average Bonchev–Trinajstić information content (AvgIpc) is 2.46. The molecule has 6 nitrogen and oxygen atoms in total. The maximum atomic E-state index is 11.9. The lowest BCUT2D eigenvalue weighted by Gasteiger charge is -2.40. The first-order chi connectivity index (χ1) is 7.88. The smallest absolute Gasteiger partial charge is 0.410 e. The second-order valence-corrected chi connectivity index (χ2v) is 5.13. The largest absolute Gasteiger partial charge is 0.444 e. The van der Waals surface area contributed by atoms with E-state index >= 15 is 0 Å². The minimum Gasteiger partial charge on any atom is -0.444 e. The normalized spacial score (nSPS) is 19.9. The average molecular weight is 239 g/mol. The monoisotopic (exact) mass is 239 g/mol. The molecular weight excluding hydrogens is 222 g/mol. The summed E-state index contributed by atoms with van der Waals surface area (Å²) in [4.78, 5) is 13.5. The van der Waals surface area contributed by atoms with E-state index in [9.17, 15) is 4.79 Å². The summed E-state index contributed by atoms with van der Waals surface area (Å²) in [7, 11) is 0. The van der Waals surface area contributed by atoms with Crippen LogP contribution in [0.1, 0.15) is 38.9 Å². The lowest BCUT2D eigenvalue weighted by atomic mass is 10.00. The molecule has 1 unspecified atom stereocenters. The van der Waals surface area contributed by atoms with Gasteiger partial charge < -0.3 is 15.0 Å². The summed E-state index contributed by atoms with van der Waals surface area (Å²) in [5.74, 6) is 0. The van der Waals surface area contributed by atoms with E-state index in [1.165, 1.54) is 6.26 Å². The number of carbonyl (C=O) groups excluding carboxylic acids is 1. The van der Waals surface area contributed by atoms with E-state index in [-0.39, 0.29) is 12.1 Å². The first-order valence-corrected chi connectivity index (χ1v) is 5.58. The fourth-order valence-corrected chi connectivity index (χ4v) is 1.72. The molecule has 1 amide bonds. The number of carbonyl (C=O) groups is 1. The Hall–Kier alpha value is -1.72. The lowest BCUT2D eigenvalue weighted by Crippen LogP contribution is -2.47. The van der Waals surface area contributed by atoms with Gasteiger partial charge in [-0.3, -0.25) is 4.90 Å². The molecule has 2 N–H and O–H groups in total.